The first-order valence-electron chi connectivity index (χ1n) is 12.6. The Balaban J connectivity index is 1.64. The molecule has 0 aliphatic carbocycles. The lowest BCUT2D eigenvalue weighted by atomic mass is 9.91. The van der Waals surface area contributed by atoms with Gasteiger partial charge in [0.15, 0.2) is 6.10 Å². The maximum absolute atomic E-state index is 12.1. The Hall–Kier alpha value is -3.15. The molecule has 0 aliphatic rings. The summed E-state index contributed by atoms with van der Waals surface area (Å²) in [4.78, 5) is 13.4. The van der Waals surface area contributed by atoms with Crippen molar-refractivity contribution >= 4 is 54.1 Å². The van der Waals surface area contributed by atoms with Crippen LogP contribution in [0.15, 0.2) is 77.3 Å². The summed E-state index contributed by atoms with van der Waals surface area (Å²) in [5.41, 5.74) is 5.62. The number of carbonyl (C=O) groups is 1. The summed E-state index contributed by atoms with van der Waals surface area (Å²) >= 11 is 5.71. The molecule has 37 heavy (non-hydrogen) atoms. The maximum atomic E-state index is 12.1. The highest BCUT2D eigenvalue weighted by molar-refractivity contribution is 9.11. The third kappa shape index (κ3) is 4.90. The lowest BCUT2D eigenvalue weighted by Crippen LogP contribution is -2.29. The Morgan fingerprint density at radius 1 is 1.00 bits per heavy atom. The molecule has 5 rings (SSSR count). The second-order valence-corrected chi connectivity index (χ2v) is 11.4. The predicted molar refractivity (Wildman–Crippen MR) is 158 cm³/mol. The molecule has 188 valence electrons. The van der Waals surface area contributed by atoms with Gasteiger partial charge in [0.05, 0.1) is 4.70 Å². The number of hydrogen-bond acceptors (Lipinski definition) is 3. The van der Waals surface area contributed by atoms with E-state index in [1.54, 1.807) is 0 Å². The first-order valence-corrected chi connectivity index (χ1v) is 14.2. The molecule has 0 amide bonds. The van der Waals surface area contributed by atoms with E-state index in [-0.39, 0.29) is 0 Å². The number of thiophene rings is 1. The Kier molecular flexibility index (Phi) is 7.36. The van der Waals surface area contributed by atoms with Gasteiger partial charge in [0, 0.05) is 21.2 Å². The molecule has 0 aliphatic heterocycles. The summed E-state index contributed by atoms with van der Waals surface area (Å²) in [5.74, 6) is -0.315. The van der Waals surface area contributed by atoms with E-state index < -0.39 is 12.1 Å². The normalized spacial score (nSPS) is 12.2. The molecule has 0 fully saturated rings. The number of aryl methyl sites for hydroxylation is 3. The smallest absolute Gasteiger partial charge is 0.345 e. The van der Waals surface area contributed by atoms with Crippen molar-refractivity contribution < 1.29 is 14.6 Å². The van der Waals surface area contributed by atoms with Crippen LogP contribution in [0.5, 0.6) is 5.75 Å². The van der Waals surface area contributed by atoms with Gasteiger partial charge in [-0.25, -0.2) is 4.79 Å². The summed E-state index contributed by atoms with van der Waals surface area (Å²) in [6.07, 6.45) is 1.10. The van der Waals surface area contributed by atoms with Crippen molar-refractivity contribution in [2.75, 3.05) is 0 Å². The maximum Gasteiger partial charge on any atom is 0.345 e. The Labute approximate surface area is 229 Å². The summed E-state index contributed by atoms with van der Waals surface area (Å²) < 4.78 is 8.57. The van der Waals surface area contributed by atoms with Gasteiger partial charge in [0.1, 0.15) is 5.75 Å². The summed E-state index contributed by atoms with van der Waals surface area (Å²) in [6.45, 7) is 6.51. The molecule has 0 radical (unpaired) electrons. The second-order valence-electron chi connectivity index (χ2n) is 9.43. The SMILES string of the molecule is CCCc1cc(-c2c3ccccc3c(Br)c3sc(C)c(C)c23)ccc1OC(Cc1ccccc1)C(=O)O. The number of ether oxygens (including phenoxy) is 1. The number of rotatable bonds is 8. The highest BCUT2D eigenvalue weighted by atomic mass is 79.9. The van der Waals surface area contributed by atoms with E-state index in [0.29, 0.717) is 12.2 Å². The number of carboxylic acids is 1. The van der Waals surface area contributed by atoms with E-state index >= 15 is 0 Å². The van der Waals surface area contributed by atoms with Gasteiger partial charge in [-0.3, -0.25) is 0 Å². The summed E-state index contributed by atoms with van der Waals surface area (Å²) in [5, 5.41) is 13.6. The molecule has 4 aromatic carbocycles. The van der Waals surface area contributed by atoms with Crippen LogP contribution < -0.4 is 4.74 Å². The van der Waals surface area contributed by atoms with Gasteiger partial charge in [-0.1, -0.05) is 74.0 Å². The van der Waals surface area contributed by atoms with Crippen molar-refractivity contribution in [3.63, 3.8) is 0 Å². The van der Waals surface area contributed by atoms with Crippen LogP contribution in [0.2, 0.25) is 0 Å². The molecule has 1 unspecified atom stereocenters. The third-order valence-corrected chi connectivity index (χ3v) is 9.26. The fourth-order valence-corrected chi connectivity index (χ4v) is 6.91. The number of aliphatic carboxylic acids is 1. The second kappa shape index (κ2) is 10.7. The Morgan fingerprint density at radius 3 is 2.41 bits per heavy atom. The fraction of sp³-hybridized carbons (Fsp3) is 0.219. The highest BCUT2D eigenvalue weighted by Gasteiger charge is 2.23. The zero-order valence-electron chi connectivity index (χ0n) is 21.2. The molecule has 0 saturated heterocycles. The van der Waals surface area contributed by atoms with Gasteiger partial charge in [0.2, 0.25) is 0 Å². The topological polar surface area (TPSA) is 46.5 Å². The molecular formula is C32H29BrO3S. The number of carboxylic acid groups (broad SMARTS) is 1. The minimum Gasteiger partial charge on any atom is -0.478 e. The summed E-state index contributed by atoms with van der Waals surface area (Å²) in [6, 6.07) is 24.4. The van der Waals surface area contributed by atoms with Crippen LogP contribution in [0.3, 0.4) is 0 Å². The monoisotopic (exact) mass is 572 g/mol. The van der Waals surface area contributed by atoms with E-state index in [2.05, 4.69) is 73.1 Å². The van der Waals surface area contributed by atoms with Gasteiger partial charge >= 0.3 is 5.97 Å². The molecule has 1 heterocycles. The van der Waals surface area contributed by atoms with Crippen LogP contribution in [-0.2, 0) is 17.6 Å². The van der Waals surface area contributed by atoms with Gasteiger partial charge < -0.3 is 9.84 Å². The van der Waals surface area contributed by atoms with E-state index in [0.717, 1.165) is 34.0 Å². The minimum absolute atomic E-state index is 0.314. The largest absolute Gasteiger partial charge is 0.478 e. The lowest BCUT2D eigenvalue weighted by Gasteiger charge is -2.20. The van der Waals surface area contributed by atoms with Gasteiger partial charge in [-0.2, -0.15) is 0 Å². The van der Waals surface area contributed by atoms with Crippen LogP contribution in [0.4, 0.5) is 0 Å². The van der Waals surface area contributed by atoms with Crippen LogP contribution in [0, 0.1) is 13.8 Å². The van der Waals surface area contributed by atoms with Crippen LogP contribution >= 0.6 is 27.3 Å². The predicted octanol–water partition coefficient (Wildman–Crippen LogP) is 9.13. The van der Waals surface area contributed by atoms with E-state index in [9.17, 15) is 9.90 Å². The molecule has 5 aromatic rings. The van der Waals surface area contributed by atoms with Crippen LogP contribution in [0.25, 0.3) is 32.0 Å². The average Bonchev–Trinajstić information content (AvgIpc) is 3.20. The minimum atomic E-state index is -0.958. The molecule has 0 saturated carbocycles. The zero-order valence-corrected chi connectivity index (χ0v) is 23.6. The van der Waals surface area contributed by atoms with Crippen LogP contribution in [0.1, 0.15) is 34.9 Å². The van der Waals surface area contributed by atoms with Crippen molar-refractivity contribution in [1.29, 1.82) is 0 Å². The fourth-order valence-electron chi connectivity index (χ4n) is 5.01. The molecule has 0 spiro atoms. The average molecular weight is 574 g/mol. The molecule has 5 heteroatoms. The van der Waals surface area contributed by atoms with E-state index in [4.69, 9.17) is 4.74 Å². The molecule has 3 nitrogen and oxygen atoms in total. The lowest BCUT2D eigenvalue weighted by molar-refractivity contribution is -0.145. The Morgan fingerprint density at radius 2 is 1.70 bits per heavy atom. The number of hydrogen-bond donors (Lipinski definition) is 1. The van der Waals surface area contributed by atoms with Gasteiger partial charge in [0.25, 0.3) is 0 Å². The molecule has 0 bridgehead atoms. The Bertz CT molecular complexity index is 1600. The molecular weight excluding hydrogens is 544 g/mol. The molecule has 1 atom stereocenters. The van der Waals surface area contributed by atoms with Crippen molar-refractivity contribution in [2.45, 2.75) is 46.1 Å². The van der Waals surface area contributed by atoms with E-state index in [1.165, 1.54) is 36.9 Å². The zero-order chi connectivity index (χ0) is 26.1. The standard InChI is InChI=1S/C32H29BrO3S/c1-4-10-22-18-23(15-16-26(22)36-27(32(34)35)17-21-11-6-5-7-12-21)29-24-13-8-9-14-25(24)30(33)31-28(29)19(2)20(3)37-31/h5-9,11-16,18,27H,4,10,17H2,1-3H3,(H,34,35). The van der Waals surface area contributed by atoms with Crippen LogP contribution in [-0.4, -0.2) is 17.2 Å². The third-order valence-electron chi connectivity index (χ3n) is 6.94. The number of benzene rings is 4. The molecule has 1 aromatic heterocycles. The van der Waals surface area contributed by atoms with Crippen molar-refractivity contribution in [3.8, 4) is 16.9 Å². The van der Waals surface area contributed by atoms with Gasteiger partial charge in [-0.15, -0.1) is 11.3 Å². The van der Waals surface area contributed by atoms with Crippen molar-refractivity contribution in [1.82, 2.24) is 0 Å². The van der Waals surface area contributed by atoms with Crippen molar-refractivity contribution in [3.05, 3.63) is 98.8 Å². The first-order chi connectivity index (χ1) is 17.9. The van der Waals surface area contributed by atoms with E-state index in [1.807, 2.05) is 47.7 Å². The van der Waals surface area contributed by atoms with Gasteiger partial charge in [-0.05, 0) is 86.9 Å². The molecule has 1 N–H and O–H groups in total. The number of halogens is 1. The quantitative estimate of drug-likeness (QED) is 0.201. The summed E-state index contributed by atoms with van der Waals surface area (Å²) in [7, 11) is 0. The van der Waals surface area contributed by atoms with Crippen molar-refractivity contribution in [2.24, 2.45) is 0 Å². The highest BCUT2D eigenvalue weighted by Crippen LogP contribution is 2.47. The first kappa shape index (κ1) is 25.5. The number of fused-ring (bicyclic) bond motifs is 2.